The van der Waals surface area contributed by atoms with Gasteiger partial charge in [-0.3, -0.25) is 9.78 Å². The molecule has 5 heteroatoms. The summed E-state index contributed by atoms with van der Waals surface area (Å²) in [6.45, 7) is 1.85. The number of hydrogen-bond acceptors (Lipinski definition) is 3. The summed E-state index contributed by atoms with van der Waals surface area (Å²) in [5.41, 5.74) is 2.92. The number of amides is 1. The molecule has 142 valence electrons. The second kappa shape index (κ2) is 8.41. The Balaban J connectivity index is 1.46. The van der Waals surface area contributed by atoms with Crippen LogP contribution in [-0.4, -0.2) is 35.5 Å². The van der Waals surface area contributed by atoms with Crippen molar-refractivity contribution in [3.8, 4) is 0 Å². The van der Waals surface area contributed by atoms with Crippen LogP contribution in [0, 0.1) is 5.92 Å². The Bertz CT molecular complexity index is 804. The van der Waals surface area contributed by atoms with Crippen LogP contribution >= 0.6 is 11.6 Å². The monoisotopic (exact) mass is 384 g/mol. The molecule has 2 heterocycles. The number of nitrogens with zero attached hydrogens (tertiary/aromatic N) is 2. The third kappa shape index (κ3) is 4.33. The fraction of sp³-hybridized carbons (Fsp3) is 0.455. The lowest BCUT2D eigenvalue weighted by Crippen LogP contribution is -2.44. The molecule has 1 aromatic carbocycles. The number of benzene rings is 1. The number of ether oxygens (including phenoxy) is 1. The first-order valence-electron chi connectivity index (χ1n) is 9.80. The molecule has 1 amide bonds. The van der Waals surface area contributed by atoms with Crippen molar-refractivity contribution in [2.75, 3.05) is 19.7 Å². The molecular weight excluding hydrogens is 360 g/mol. The second-order valence-corrected chi connectivity index (χ2v) is 7.85. The van der Waals surface area contributed by atoms with Crippen LogP contribution in [0.1, 0.15) is 48.7 Å². The van der Waals surface area contributed by atoms with Gasteiger partial charge in [0.05, 0.1) is 18.8 Å². The van der Waals surface area contributed by atoms with Crippen LogP contribution < -0.4 is 0 Å². The topological polar surface area (TPSA) is 42.4 Å². The summed E-state index contributed by atoms with van der Waals surface area (Å²) in [6, 6.07) is 13.9. The molecule has 27 heavy (non-hydrogen) atoms. The molecule has 4 nitrogen and oxygen atoms in total. The van der Waals surface area contributed by atoms with E-state index in [-0.39, 0.29) is 12.0 Å². The van der Waals surface area contributed by atoms with Gasteiger partial charge in [-0.25, -0.2) is 0 Å². The second-order valence-electron chi connectivity index (χ2n) is 7.45. The van der Waals surface area contributed by atoms with E-state index in [9.17, 15) is 4.79 Å². The van der Waals surface area contributed by atoms with E-state index in [1.165, 1.54) is 12.8 Å². The fourth-order valence-corrected chi connectivity index (χ4v) is 4.27. The molecule has 1 atom stereocenters. The van der Waals surface area contributed by atoms with Crippen molar-refractivity contribution in [3.63, 3.8) is 0 Å². The summed E-state index contributed by atoms with van der Waals surface area (Å²) in [5.74, 6) is 0.510. The number of rotatable bonds is 4. The predicted octanol–water partition coefficient (Wildman–Crippen LogP) is 4.42. The summed E-state index contributed by atoms with van der Waals surface area (Å²) in [5, 5.41) is 0.756. The average Bonchev–Trinajstić information content (AvgIpc) is 3.24. The van der Waals surface area contributed by atoms with Crippen molar-refractivity contribution in [3.05, 3.63) is 64.4 Å². The molecule has 1 aromatic heterocycles. The van der Waals surface area contributed by atoms with E-state index in [1.807, 2.05) is 47.4 Å². The van der Waals surface area contributed by atoms with Gasteiger partial charge in [-0.2, -0.15) is 0 Å². The summed E-state index contributed by atoms with van der Waals surface area (Å²) in [6.07, 6.45) is 4.95. The summed E-state index contributed by atoms with van der Waals surface area (Å²) in [4.78, 5) is 19.5. The van der Waals surface area contributed by atoms with Gasteiger partial charge in [-0.15, -0.1) is 0 Å². The highest BCUT2D eigenvalue weighted by Crippen LogP contribution is 2.29. The van der Waals surface area contributed by atoms with Gasteiger partial charge in [0.15, 0.2) is 0 Å². The lowest BCUT2D eigenvalue weighted by atomic mass is 10.0. The fourth-order valence-electron chi connectivity index (χ4n) is 4.07. The Kier molecular flexibility index (Phi) is 5.74. The van der Waals surface area contributed by atoms with E-state index in [0.717, 1.165) is 34.8 Å². The van der Waals surface area contributed by atoms with Crippen molar-refractivity contribution < 1.29 is 9.53 Å². The van der Waals surface area contributed by atoms with E-state index in [2.05, 4.69) is 0 Å². The molecule has 0 unspecified atom stereocenters. The number of halogens is 1. The van der Waals surface area contributed by atoms with Crippen LogP contribution in [-0.2, 0) is 16.0 Å². The summed E-state index contributed by atoms with van der Waals surface area (Å²) < 4.78 is 5.95. The zero-order chi connectivity index (χ0) is 18.6. The van der Waals surface area contributed by atoms with Crippen molar-refractivity contribution in [1.29, 1.82) is 0 Å². The van der Waals surface area contributed by atoms with Gasteiger partial charge in [0, 0.05) is 29.6 Å². The first kappa shape index (κ1) is 18.5. The Labute approximate surface area is 165 Å². The van der Waals surface area contributed by atoms with E-state index in [1.54, 1.807) is 0 Å². The first-order chi connectivity index (χ1) is 13.2. The Morgan fingerprint density at radius 1 is 1.15 bits per heavy atom. The van der Waals surface area contributed by atoms with E-state index < -0.39 is 0 Å². The molecule has 0 radical (unpaired) electrons. The quantitative estimate of drug-likeness (QED) is 0.783. The van der Waals surface area contributed by atoms with Gasteiger partial charge in [0.2, 0.25) is 5.91 Å². The molecular formula is C22H25ClN2O2. The molecule has 4 rings (SSSR count). The molecule has 2 aromatic rings. The molecule has 1 saturated heterocycles. The Hall–Kier alpha value is -1.91. The number of carbonyl (C=O) groups is 1. The van der Waals surface area contributed by atoms with Crippen LogP contribution in [0.15, 0.2) is 42.5 Å². The molecule has 1 aliphatic carbocycles. The SMILES string of the molecule is O=C(C1CCCC1)N1CCO[C@H](c2cccc(Cc3ccccc3Cl)n2)C1. The number of pyridine rings is 1. The third-order valence-corrected chi connectivity index (χ3v) is 5.94. The smallest absolute Gasteiger partial charge is 0.225 e. The Morgan fingerprint density at radius 3 is 2.78 bits per heavy atom. The minimum Gasteiger partial charge on any atom is -0.368 e. The van der Waals surface area contributed by atoms with Gasteiger partial charge in [0.1, 0.15) is 6.10 Å². The number of carbonyl (C=O) groups excluding carboxylic acids is 1. The predicted molar refractivity (Wildman–Crippen MR) is 106 cm³/mol. The molecule has 0 N–H and O–H groups in total. The molecule has 0 bridgehead atoms. The Morgan fingerprint density at radius 2 is 1.96 bits per heavy atom. The molecule has 2 aliphatic rings. The van der Waals surface area contributed by atoms with Crippen LogP contribution in [0.25, 0.3) is 0 Å². The van der Waals surface area contributed by atoms with Gasteiger partial charge in [-0.1, -0.05) is 48.7 Å². The summed E-state index contributed by atoms with van der Waals surface area (Å²) in [7, 11) is 0. The average molecular weight is 385 g/mol. The van der Waals surface area contributed by atoms with E-state index in [0.29, 0.717) is 32.0 Å². The van der Waals surface area contributed by atoms with E-state index >= 15 is 0 Å². The van der Waals surface area contributed by atoms with Crippen LogP contribution in [0.2, 0.25) is 5.02 Å². The lowest BCUT2D eigenvalue weighted by Gasteiger charge is -2.34. The van der Waals surface area contributed by atoms with Crippen molar-refractivity contribution in [2.24, 2.45) is 5.92 Å². The van der Waals surface area contributed by atoms with Crippen molar-refractivity contribution in [1.82, 2.24) is 9.88 Å². The molecule has 0 spiro atoms. The maximum atomic E-state index is 12.8. The highest BCUT2D eigenvalue weighted by Gasteiger charge is 2.31. The first-order valence-corrected chi connectivity index (χ1v) is 10.2. The lowest BCUT2D eigenvalue weighted by molar-refractivity contribution is -0.143. The van der Waals surface area contributed by atoms with Gasteiger partial charge >= 0.3 is 0 Å². The van der Waals surface area contributed by atoms with Gasteiger partial charge < -0.3 is 9.64 Å². The zero-order valence-corrected chi connectivity index (χ0v) is 16.2. The van der Waals surface area contributed by atoms with Crippen LogP contribution in [0.5, 0.6) is 0 Å². The standard InChI is InChI=1S/C22H25ClN2O2/c23-19-10-4-3-8-17(19)14-18-9-5-11-20(24-18)21-15-25(12-13-27-21)22(26)16-6-1-2-7-16/h3-5,8-11,16,21H,1-2,6-7,12-15H2/t21-/m0/s1. The largest absolute Gasteiger partial charge is 0.368 e. The van der Waals surface area contributed by atoms with Gasteiger partial charge in [0.25, 0.3) is 0 Å². The molecule has 1 saturated carbocycles. The minimum absolute atomic E-state index is 0.157. The highest BCUT2D eigenvalue weighted by atomic mass is 35.5. The minimum atomic E-state index is -0.157. The van der Waals surface area contributed by atoms with Crippen molar-refractivity contribution in [2.45, 2.75) is 38.2 Å². The zero-order valence-electron chi connectivity index (χ0n) is 15.4. The van der Waals surface area contributed by atoms with Crippen LogP contribution in [0.4, 0.5) is 0 Å². The number of hydrogen-bond donors (Lipinski definition) is 0. The summed E-state index contributed by atoms with van der Waals surface area (Å²) >= 11 is 6.28. The number of morpholine rings is 1. The van der Waals surface area contributed by atoms with E-state index in [4.69, 9.17) is 21.3 Å². The van der Waals surface area contributed by atoms with Gasteiger partial charge in [-0.05, 0) is 36.6 Å². The van der Waals surface area contributed by atoms with Crippen LogP contribution in [0.3, 0.4) is 0 Å². The highest BCUT2D eigenvalue weighted by molar-refractivity contribution is 6.31. The third-order valence-electron chi connectivity index (χ3n) is 5.57. The maximum absolute atomic E-state index is 12.8. The maximum Gasteiger partial charge on any atom is 0.225 e. The van der Waals surface area contributed by atoms with Crippen molar-refractivity contribution >= 4 is 17.5 Å². The number of aromatic nitrogens is 1. The normalized spacial score (nSPS) is 20.8. The molecule has 1 aliphatic heterocycles. The molecule has 2 fully saturated rings.